The number of nitrogens with one attached hydrogen (secondary N) is 2. The molecule has 0 bridgehead atoms. The molecular formula is C15H14F2N2O2. The fraction of sp³-hybridized carbons (Fsp3) is 0.133. The summed E-state index contributed by atoms with van der Waals surface area (Å²) in [6.45, 7) is -2.46. The molecule has 0 heterocycles. The summed E-state index contributed by atoms with van der Waals surface area (Å²) in [5, 5.41) is 5.29. The Morgan fingerprint density at radius 3 is 2.33 bits per heavy atom. The van der Waals surface area contributed by atoms with E-state index in [0.717, 1.165) is 5.56 Å². The summed E-state index contributed by atoms with van der Waals surface area (Å²) in [6.07, 6.45) is 0. The van der Waals surface area contributed by atoms with Crippen LogP contribution in [0.2, 0.25) is 0 Å². The Labute approximate surface area is 120 Å². The molecule has 0 fully saturated rings. The number of amides is 2. The molecule has 0 saturated heterocycles. The van der Waals surface area contributed by atoms with Crippen LogP contribution in [0, 0.1) is 0 Å². The number of carbonyl (C=O) groups excluding carboxylic acids is 1. The predicted molar refractivity (Wildman–Crippen MR) is 75.4 cm³/mol. The van der Waals surface area contributed by atoms with Crippen LogP contribution in [-0.2, 0) is 6.54 Å². The molecule has 110 valence electrons. The zero-order valence-corrected chi connectivity index (χ0v) is 11.1. The summed E-state index contributed by atoms with van der Waals surface area (Å²) >= 11 is 0. The molecule has 2 aromatic carbocycles. The van der Waals surface area contributed by atoms with Gasteiger partial charge in [-0.2, -0.15) is 8.78 Å². The van der Waals surface area contributed by atoms with Gasteiger partial charge >= 0.3 is 12.6 Å². The van der Waals surface area contributed by atoms with E-state index >= 15 is 0 Å². The van der Waals surface area contributed by atoms with Crippen molar-refractivity contribution >= 4 is 11.7 Å². The average molecular weight is 292 g/mol. The maximum atomic E-state index is 12.0. The summed E-state index contributed by atoms with van der Waals surface area (Å²) in [6, 6.07) is 14.8. The van der Waals surface area contributed by atoms with Gasteiger partial charge in [0.25, 0.3) is 0 Å². The van der Waals surface area contributed by atoms with E-state index in [2.05, 4.69) is 15.4 Å². The van der Waals surface area contributed by atoms with Gasteiger partial charge in [-0.15, -0.1) is 0 Å². The van der Waals surface area contributed by atoms with Gasteiger partial charge in [0.15, 0.2) is 0 Å². The standard InChI is InChI=1S/C15H14F2N2O2/c16-14(17)21-13-8-6-12(7-9-13)19-15(20)18-10-11-4-2-1-3-5-11/h1-9,14H,10H2,(H2,18,19,20). The van der Waals surface area contributed by atoms with Crippen LogP contribution >= 0.6 is 0 Å². The van der Waals surface area contributed by atoms with Gasteiger partial charge in [-0.1, -0.05) is 30.3 Å². The fourth-order valence-corrected chi connectivity index (χ4v) is 1.67. The molecule has 2 aromatic rings. The van der Waals surface area contributed by atoms with Crippen molar-refractivity contribution in [2.75, 3.05) is 5.32 Å². The van der Waals surface area contributed by atoms with E-state index in [1.54, 1.807) is 0 Å². The number of rotatable bonds is 5. The monoisotopic (exact) mass is 292 g/mol. The molecule has 0 unspecified atom stereocenters. The number of urea groups is 1. The highest BCUT2D eigenvalue weighted by Gasteiger charge is 2.05. The van der Waals surface area contributed by atoms with E-state index in [-0.39, 0.29) is 11.8 Å². The summed E-state index contributed by atoms with van der Waals surface area (Å²) in [4.78, 5) is 11.7. The normalized spacial score (nSPS) is 10.2. The lowest BCUT2D eigenvalue weighted by molar-refractivity contribution is -0.0498. The van der Waals surface area contributed by atoms with Crippen molar-refractivity contribution < 1.29 is 18.3 Å². The molecule has 2 N–H and O–H groups in total. The Hall–Kier alpha value is -2.63. The molecule has 0 aliphatic heterocycles. The molecule has 0 aliphatic carbocycles. The van der Waals surface area contributed by atoms with E-state index in [1.165, 1.54) is 24.3 Å². The van der Waals surface area contributed by atoms with E-state index in [0.29, 0.717) is 12.2 Å². The maximum Gasteiger partial charge on any atom is 0.387 e. The molecule has 21 heavy (non-hydrogen) atoms. The highest BCUT2D eigenvalue weighted by molar-refractivity contribution is 5.89. The number of benzene rings is 2. The van der Waals surface area contributed by atoms with E-state index in [4.69, 9.17) is 0 Å². The minimum absolute atomic E-state index is 0.0419. The quantitative estimate of drug-likeness (QED) is 0.884. The molecular weight excluding hydrogens is 278 g/mol. The minimum Gasteiger partial charge on any atom is -0.435 e. The van der Waals surface area contributed by atoms with Crippen LogP contribution in [0.25, 0.3) is 0 Å². The van der Waals surface area contributed by atoms with Gasteiger partial charge < -0.3 is 15.4 Å². The van der Waals surface area contributed by atoms with E-state index in [9.17, 15) is 13.6 Å². The van der Waals surface area contributed by atoms with Crippen LogP contribution < -0.4 is 15.4 Å². The second-order valence-corrected chi connectivity index (χ2v) is 4.20. The number of carbonyl (C=O) groups is 1. The van der Waals surface area contributed by atoms with E-state index < -0.39 is 6.61 Å². The number of halogens is 2. The molecule has 0 saturated carbocycles. The second-order valence-electron chi connectivity index (χ2n) is 4.20. The zero-order chi connectivity index (χ0) is 15.1. The van der Waals surface area contributed by atoms with Gasteiger partial charge in [-0.25, -0.2) is 4.79 Å². The van der Waals surface area contributed by atoms with Gasteiger partial charge in [0.1, 0.15) is 5.75 Å². The Bertz CT molecular complexity index is 574. The molecule has 0 aliphatic rings. The van der Waals surface area contributed by atoms with Crippen molar-refractivity contribution in [2.45, 2.75) is 13.2 Å². The highest BCUT2D eigenvalue weighted by Crippen LogP contribution is 2.17. The molecule has 0 spiro atoms. The van der Waals surface area contributed by atoms with Crippen LogP contribution in [0.15, 0.2) is 54.6 Å². The molecule has 0 atom stereocenters. The number of hydrogen-bond acceptors (Lipinski definition) is 2. The minimum atomic E-state index is -2.86. The van der Waals surface area contributed by atoms with Crippen LogP contribution in [0.4, 0.5) is 19.3 Å². The first-order valence-corrected chi connectivity index (χ1v) is 6.27. The Kier molecular flexibility index (Phi) is 5.09. The third-order valence-corrected chi connectivity index (χ3v) is 2.63. The summed E-state index contributed by atoms with van der Waals surface area (Å²) in [7, 11) is 0. The van der Waals surface area contributed by atoms with Crippen LogP contribution in [-0.4, -0.2) is 12.6 Å². The number of anilines is 1. The van der Waals surface area contributed by atoms with Crippen molar-refractivity contribution in [3.63, 3.8) is 0 Å². The largest absolute Gasteiger partial charge is 0.435 e. The highest BCUT2D eigenvalue weighted by atomic mass is 19.3. The van der Waals surface area contributed by atoms with Crippen molar-refractivity contribution in [2.24, 2.45) is 0 Å². The molecule has 2 rings (SSSR count). The zero-order valence-electron chi connectivity index (χ0n) is 11.1. The molecule has 4 nitrogen and oxygen atoms in total. The van der Waals surface area contributed by atoms with Gasteiger partial charge in [0.2, 0.25) is 0 Å². The van der Waals surface area contributed by atoms with Gasteiger partial charge in [0, 0.05) is 12.2 Å². The Morgan fingerprint density at radius 2 is 1.71 bits per heavy atom. The molecule has 2 amide bonds. The molecule has 6 heteroatoms. The Morgan fingerprint density at radius 1 is 1.05 bits per heavy atom. The number of hydrogen-bond donors (Lipinski definition) is 2. The third kappa shape index (κ3) is 5.10. The first kappa shape index (κ1) is 14.8. The lowest BCUT2D eigenvalue weighted by atomic mass is 10.2. The Balaban J connectivity index is 1.82. The lowest BCUT2D eigenvalue weighted by Crippen LogP contribution is -2.28. The lowest BCUT2D eigenvalue weighted by Gasteiger charge is -2.09. The van der Waals surface area contributed by atoms with Crippen LogP contribution in [0.3, 0.4) is 0 Å². The maximum absolute atomic E-state index is 12.0. The first-order valence-electron chi connectivity index (χ1n) is 6.27. The third-order valence-electron chi connectivity index (χ3n) is 2.63. The summed E-state index contributed by atoms with van der Waals surface area (Å²) < 4.78 is 28.2. The molecule has 0 radical (unpaired) electrons. The van der Waals surface area contributed by atoms with Crippen molar-refractivity contribution in [1.29, 1.82) is 0 Å². The van der Waals surface area contributed by atoms with Crippen LogP contribution in [0.5, 0.6) is 5.75 Å². The second kappa shape index (κ2) is 7.23. The smallest absolute Gasteiger partial charge is 0.387 e. The van der Waals surface area contributed by atoms with E-state index in [1.807, 2.05) is 30.3 Å². The first-order chi connectivity index (χ1) is 10.1. The van der Waals surface area contributed by atoms with Gasteiger partial charge in [-0.3, -0.25) is 0 Å². The SMILES string of the molecule is O=C(NCc1ccccc1)Nc1ccc(OC(F)F)cc1. The van der Waals surface area contributed by atoms with Crippen molar-refractivity contribution in [3.05, 3.63) is 60.2 Å². The topological polar surface area (TPSA) is 50.4 Å². The summed E-state index contributed by atoms with van der Waals surface area (Å²) in [5.74, 6) is 0.0419. The number of alkyl halides is 2. The van der Waals surface area contributed by atoms with Crippen molar-refractivity contribution in [1.82, 2.24) is 5.32 Å². The van der Waals surface area contributed by atoms with Crippen molar-refractivity contribution in [3.8, 4) is 5.75 Å². The summed E-state index contributed by atoms with van der Waals surface area (Å²) in [5.41, 5.74) is 1.47. The molecule has 0 aromatic heterocycles. The predicted octanol–water partition coefficient (Wildman–Crippen LogP) is 3.61. The van der Waals surface area contributed by atoms with Crippen LogP contribution in [0.1, 0.15) is 5.56 Å². The average Bonchev–Trinajstić information content (AvgIpc) is 2.48. The van der Waals surface area contributed by atoms with Gasteiger partial charge in [-0.05, 0) is 29.8 Å². The fourth-order valence-electron chi connectivity index (χ4n) is 1.67. The van der Waals surface area contributed by atoms with Gasteiger partial charge in [0.05, 0.1) is 0 Å². The number of ether oxygens (including phenoxy) is 1.